The average molecular weight is 280 g/mol. The predicted octanol–water partition coefficient (Wildman–Crippen LogP) is 3.00. The fourth-order valence-corrected chi connectivity index (χ4v) is 2.46. The molecule has 21 heavy (non-hydrogen) atoms. The summed E-state index contributed by atoms with van der Waals surface area (Å²) in [6.07, 6.45) is 4.98. The molecular formula is C18H18NO2+. The number of fused-ring (bicyclic) bond motifs is 1. The summed E-state index contributed by atoms with van der Waals surface area (Å²) in [6.45, 7) is 4.81. The molecule has 0 spiro atoms. The van der Waals surface area contributed by atoms with Crippen molar-refractivity contribution in [1.82, 2.24) is 0 Å². The third-order valence-electron chi connectivity index (χ3n) is 3.71. The molecule has 1 aromatic carbocycles. The van der Waals surface area contributed by atoms with Gasteiger partial charge in [0.1, 0.15) is 5.58 Å². The summed E-state index contributed by atoms with van der Waals surface area (Å²) < 4.78 is 7.40. The lowest BCUT2D eigenvalue weighted by atomic mass is 10.1. The van der Waals surface area contributed by atoms with Gasteiger partial charge in [0.2, 0.25) is 0 Å². The fraction of sp³-hybridized carbons (Fsp3) is 0.222. The first kappa shape index (κ1) is 13.6. The van der Waals surface area contributed by atoms with Crippen LogP contribution in [0.15, 0.2) is 58.0 Å². The monoisotopic (exact) mass is 280 g/mol. The zero-order valence-corrected chi connectivity index (χ0v) is 12.3. The largest absolute Gasteiger partial charge is 0.423 e. The second-order valence-corrected chi connectivity index (χ2v) is 5.32. The molecule has 0 unspecified atom stereocenters. The van der Waals surface area contributed by atoms with E-state index in [1.54, 1.807) is 6.07 Å². The van der Waals surface area contributed by atoms with Gasteiger partial charge in [-0.3, -0.25) is 0 Å². The normalized spacial score (nSPS) is 11.0. The lowest BCUT2D eigenvalue weighted by Crippen LogP contribution is -2.33. The van der Waals surface area contributed by atoms with Crippen molar-refractivity contribution in [2.45, 2.75) is 26.8 Å². The number of pyridine rings is 1. The third kappa shape index (κ3) is 2.87. The highest BCUT2D eigenvalue weighted by atomic mass is 16.4. The molecule has 0 bridgehead atoms. The van der Waals surface area contributed by atoms with Crippen molar-refractivity contribution in [3.8, 4) is 0 Å². The maximum absolute atomic E-state index is 11.8. The van der Waals surface area contributed by atoms with Gasteiger partial charge in [-0.05, 0) is 30.5 Å². The smallest absolute Gasteiger partial charge is 0.336 e. The molecule has 0 amide bonds. The topological polar surface area (TPSA) is 34.1 Å². The molecule has 0 N–H and O–H groups in total. The second kappa shape index (κ2) is 5.52. The molecule has 0 atom stereocenters. The number of aryl methyl sites for hydroxylation is 2. The lowest BCUT2D eigenvalue weighted by Gasteiger charge is -2.04. The molecule has 0 saturated heterocycles. The van der Waals surface area contributed by atoms with Crippen molar-refractivity contribution in [1.29, 1.82) is 0 Å². The molecule has 3 rings (SSSR count). The van der Waals surface area contributed by atoms with Crippen molar-refractivity contribution in [3.63, 3.8) is 0 Å². The maximum atomic E-state index is 11.8. The quantitative estimate of drug-likeness (QED) is 0.546. The number of rotatable bonds is 3. The molecule has 3 nitrogen and oxygen atoms in total. The van der Waals surface area contributed by atoms with E-state index in [0.29, 0.717) is 12.1 Å². The molecular weight excluding hydrogens is 262 g/mol. The number of hydrogen-bond acceptors (Lipinski definition) is 2. The molecule has 0 aliphatic heterocycles. The Bertz CT molecular complexity index is 832. The summed E-state index contributed by atoms with van der Waals surface area (Å²) >= 11 is 0. The lowest BCUT2D eigenvalue weighted by molar-refractivity contribution is -0.688. The second-order valence-electron chi connectivity index (χ2n) is 5.32. The third-order valence-corrected chi connectivity index (χ3v) is 3.71. The minimum atomic E-state index is -0.293. The van der Waals surface area contributed by atoms with E-state index in [2.05, 4.69) is 36.6 Å². The van der Waals surface area contributed by atoms with Gasteiger partial charge in [0, 0.05) is 29.1 Å². The van der Waals surface area contributed by atoms with Crippen molar-refractivity contribution in [2.24, 2.45) is 0 Å². The Hall–Kier alpha value is -2.42. The van der Waals surface area contributed by atoms with E-state index in [0.717, 1.165) is 17.4 Å². The van der Waals surface area contributed by atoms with Gasteiger partial charge < -0.3 is 4.42 Å². The first-order chi connectivity index (χ1) is 10.2. The highest BCUT2D eigenvalue weighted by Gasteiger charge is 2.10. The van der Waals surface area contributed by atoms with E-state index in [9.17, 15) is 4.79 Å². The summed E-state index contributed by atoms with van der Waals surface area (Å²) in [4.78, 5) is 11.8. The van der Waals surface area contributed by atoms with Crippen LogP contribution in [0.3, 0.4) is 0 Å². The van der Waals surface area contributed by atoms with Gasteiger partial charge in [-0.15, -0.1) is 0 Å². The molecule has 2 heterocycles. The number of hydrogen-bond donors (Lipinski definition) is 0. The van der Waals surface area contributed by atoms with Crippen LogP contribution in [0.5, 0.6) is 0 Å². The fourth-order valence-electron chi connectivity index (χ4n) is 2.46. The molecule has 0 aliphatic rings. The van der Waals surface area contributed by atoms with Crippen molar-refractivity contribution in [2.75, 3.05) is 0 Å². The first-order valence-corrected chi connectivity index (χ1v) is 7.17. The Morgan fingerprint density at radius 3 is 2.57 bits per heavy atom. The zero-order chi connectivity index (χ0) is 14.8. The van der Waals surface area contributed by atoms with Crippen LogP contribution in [0, 0.1) is 6.92 Å². The van der Waals surface area contributed by atoms with Crippen LogP contribution in [0.1, 0.15) is 23.6 Å². The van der Waals surface area contributed by atoms with E-state index in [-0.39, 0.29) is 5.63 Å². The molecule has 3 aromatic rings. The van der Waals surface area contributed by atoms with E-state index in [1.807, 2.05) is 24.5 Å². The van der Waals surface area contributed by atoms with Crippen LogP contribution < -0.4 is 10.2 Å². The molecule has 0 radical (unpaired) electrons. The van der Waals surface area contributed by atoms with Gasteiger partial charge in [-0.1, -0.05) is 19.1 Å². The minimum Gasteiger partial charge on any atom is -0.423 e. The van der Waals surface area contributed by atoms with Gasteiger partial charge in [0.15, 0.2) is 18.9 Å². The van der Waals surface area contributed by atoms with Gasteiger partial charge in [0.05, 0.1) is 0 Å². The number of nitrogens with zero attached hydrogens (tertiary/aromatic N) is 1. The average Bonchev–Trinajstić information content (AvgIpc) is 2.48. The Morgan fingerprint density at radius 1 is 1.10 bits per heavy atom. The molecule has 3 heteroatoms. The van der Waals surface area contributed by atoms with Crippen LogP contribution >= 0.6 is 0 Å². The summed E-state index contributed by atoms with van der Waals surface area (Å²) in [6, 6.07) is 11.8. The van der Waals surface area contributed by atoms with Gasteiger partial charge in [-0.25, -0.2) is 9.36 Å². The Labute approximate surface area is 123 Å². The van der Waals surface area contributed by atoms with Crippen LogP contribution in [-0.2, 0) is 13.0 Å². The molecule has 0 aliphatic carbocycles. The van der Waals surface area contributed by atoms with Crippen LogP contribution in [0.4, 0.5) is 0 Å². The van der Waals surface area contributed by atoms with Crippen LogP contribution in [0.2, 0.25) is 0 Å². The minimum absolute atomic E-state index is 0.293. The van der Waals surface area contributed by atoms with Gasteiger partial charge >= 0.3 is 5.63 Å². The van der Waals surface area contributed by atoms with Gasteiger partial charge in [0.25, 0.3) is 0 Å². The summed E-state index contributed by atoms with van der Waals surface area (Å²) in [5, 5.41) is 1.000. The number of benzene rings is 1. The SMILES string of the molecule is CCc1ccc2c(C[n+]3ccc(C)cc3)cc(=O)oc2c1. The molecule has 106 valence electrons. The Morgan fingerprint density at radius 2 is 1.86 bits per heavy atom. The van der Waals surface area contributed by atoms with Gasteiger partial charge in [-0.2, -0.15) is 0 Å². The highest BCUT2D eigenvalue weighted by molar-refractivity contribution is 5.80. The zero-order valence-electron chi connectivity index (χ0n) is 12.3. The molecule has 0 saturated carbocycles. The predicted molar refractivity (Wildman–Crippen MR) is 82.3 cm³/mol. The van der Waals surface area contributed by atoms with E-state index < -0.39 is 0 Å². The van der Waals surface area contributed by atoms with Crippen LogP contribution in [-0.4, -0.2) is 0 Å². The Kier molecular flexibility index (Phi) is 3.57. The van der Waals surface area contributed by atoms with Crippen molar-refractivity contribution in [3.05, 3.63) is 75.9 Å². The van der Waals surface area contributed by atoms with E-state index in [4.69, 9.17) is 4.42 Å². The summed E-state index contributed by atoms with van der Waals surface area (Å²) in [7, 11) is 0. The maximum Gasteiger partial charge on any atom is 0.336 e. The van der Waals surface area contributed by atoms with Crippen LogP contribution in [0.25, 0.3) is 11.0 Å². The van der Waals surface area contributed by atoms with Crippen molar-refractivity contribution >= 4 is 11.0 Å². The first-order valence-electron chi connectivity index (χ1n) is 7.17. The Balaban J connectivity index is 2.09. The van der Waals surface area contributed by atoms with E-state index >= 15 is 0 Å². The van der Waals surface area contributed by atoms with Crippen molar-refractivity contribution < 1.29 is 8.98 Å². The highest BCUT2D eigenvalue weighted by Crippen LogP contribution is 2.19. The number of aromatic nitrogens is 1. The summed E-state index contributed by atoms with van der Waals surface area (Å²) in [5.74, 6) is 0. The molecule has 2 aromatic heterocycles. The standard InChI is InChI=1S/C18H18NO2/c1-3-14-4-5-16-15(11-18(20)21-17(16)10-14)12-19-8-6-13(2)7-9-19/h4-11H,3,12H2,1-2H3/q+1. The van der Waals surface area contributed by atoms with E-state index in [1.165, 1.54) is 11.1 Å². The summed E-state index contributed by atoms with van der Waals surface area (Å²) in [5.41, 5.74) is 3.75. The molecule has 0 fully saturated rings.